The van der Waals surface area contributed by atoms with Crippen molar-refractivity contribution in [2.75, 3.05) is 13.2 Å². The van der Waals surface area contributed by atoms with Crippen LogP contribution < -0.4 is 10.1 Å². The van der Waals surface area contributed by atoms with Gasteiger partial charge < -0.3 is 14.6 Å². The summed E-state index contributed by atoms with van der Waals surface area (Å²) >= 11 is 0. The summed E-state index contributed by atoms with van der Waals surface area (Å²) in [5.74, 6) is 1.90. The summed E-state index contributed by atoms with van der Waals surface area (Å²) in [4.78, 5) is 21.1. The maximum atomic E-state index is 12.2. The number of aromatic nitrogens is 3. The standard InChI is InChI=1S/C27H30N4O2/c1-20-9-5-13-25(21(20)2)33-18-8-17-31-24-12-4-3-11-23(24)30-26(31)14-7-16-29-27(32)22-10-6-15-28-19-22/h3-6,9-13,15,19H,7-8,14,16-18H2,1-2H3,(H,29,32). The Morgan fingerprint density at radius 1 is 1.03 bits per heavy atom. The van der Waals surface area contributed by atoms with Gasteiger partial charge in [0.1, 0.15) is 11.6 Å². The van der Waals surface area contributed by atoms with Crippen LogP contribution in [0.25, 0.3) is 11.0 Å². The summed E-state index contributed by atoms with van der Waals surface area (Å²) in [6.07, 6.45) is 5.73. The molecule has 0 radical (unpaired) electrons. The van der Waals surface area contributed by atoms with E-state index in [0.29, 0.717) is 18.7 Å². The Morgan fingerprint density at radius 2 is 1.91 bits per heavy atom. The first-order chi connectivity index (χ1) is 16.1. The summed E-state index contributed by atoms with van der Waals surface area (Å²) in [5, 5.41) is 2.97. The summed E-state index contributed by atoms with van der Waals surface area (Å²) in [6, 6.07) is 17.9. The Morgan fingerprint density at radius 3 is 2.76 bits per heavy atom. The molecule has 4 rings (SSSR count). The molecule has 6 heteroatoms. The number of fused-ring (bicyclic) bond motifs is 1. The number of benzene rings is 2. The zero-order chi connectivity index (χ0) is 23.0. The average Bonchev–Trinajstić information content (AvgIpc) is 3.20. The van der Waals surface area contributed by atoms with Crippen LogP contribution in [0.3, 0.4) is 0 Å². The monoisotopic (exact) mass is 442 g/mol. The molecule has 0 spiro atoms. The van der Waals surface area contributed by atoms with E-state index in [0.717, 1.165) is 48.4 Å². The number of ether oxygens (including phenoxy) is 1. The van der Waals surface area contributed by atoms with Crippen LogP contribution in [0.5, 0.6) is 5.75 Å². The smallest absolute Gasteiger partial charge is 0.252 e. The zero-order valence-corrected chi connectivity index (χ0v) is 19.3. The van der Waals surface area contributed by atoms with Crippen molar-refractivity contribution in [2.24, 2.45) is 0 Å². The van der Waals surface area contributed by atoms with Crippen LogP contribution in [0.2, 0.25) is 0 Å². The number of hydrogen-bond acceptors (Lipinski definition) is 4. The molecule has 1 amide bonds. The molecule has 0 saturated carbocycles. The fraction of sp³-hybridized carbons (Fsp3) is 0.296. The summed E-state index contributed by atoms with van der Waals surface area (Å²) < 4.78 is 8.33. The molecule has 1 N–H and O–H groups in total. The van der Waals surface area contributed by atoms with Gasteiger partial charge in [-0.25, -0.2) is 4.98 Å². The lowest BCUT2D eigenvalue weighted by Crippen LogP contribution is -2.25. The van der Waals surface area contributed by atoms with Crippen LogP contribution >= 0.6 is 0 Å². The lowest BCUT2D eigenvalue weighted by Gasteiger charge is -2.13. The normalized spacial score (nSPS) is 11.0. The molecule has 33 heavy (non-hydrogen) atoms. The molecule has 170 valence electrons. The third-order valence-electron chi connectivity index (χ3n) is 5.86. The molecule has 0 atom stereocenters. The van der Waals surface area contributed by atoms with Gasteiger partial charge in [0, 0.05) is 31.9 Å². The first kappa shape index (κ1) is 22.5. The topological polar surface area (TPSA) is 69.0 Å². The van der Waals surface area contributed by atoms with E-state index in [1.807, 2.05) is 30.3 Å². The van der Waals surface area contributed by atoms with Crippen molar-refractivity contribution >= 4 is 16.9 Å². The summed E-state index contributed by atoms with van der Waals surface area (Å²) in [7, 11) is 0. The maximum absolute atomic E-state index is 12.2. The highest BCUT2D eigenvalue weighted by atomic mass is 16.5. The number of pyridine rings is 1. The van der Waals surface area contributed by atoms with Gasteiger partial charge in [-0.1, -0.05) is 24.3 Å². The predicted molar refractivity (Wildman–Crippen MR) is 131 cm³/mol. The molecule has 4 aromatic rings. The molecule has 2 aromatic carbocycles. The highest BCUT2D eigenvalue weighted by molar-refractivity contribution is 5.93. The Hall–Kier alpha value is -3.67. The molecule has 6 nitrogen and oxygen atoms in total. The largest absolute Gasteiger partial charge is 0.493 e. The van der Waals surface area contributed by atoms with Crippen LogP contribution in [-0.2, 0) is 13.0 Å². The van der Waals surface area contributed by atoms with Gasteiger partial charge in [0.05, 0.1) is 23.2 Å². The fourth-order valence-electron chi connectivity index (χ4n) is 3.90. The minimum absolute atomic E-state index is 0.0970. The number of rotatable bonds is 10. The van der Waals surface area contributed by atoms with Gasteiger partial charge in [-0.05, 0) is 68.1 Å². The second kappa shape index (κ2) is 10.8. The predicted octanol–water partition coefficient (Wildman–Crippen LogP) is 4.88. The number of para-hydroxylation sites is 2. The van der Waals surface area contributed by atoms with Gasteiger partial charge in [-0.3, -0.25) is 9.78 Å². The number of amides is 1. The van der Waals surface area contributed by atoms with Crippen molar-refractivity contribution in [3.05, 3.63) is 89.5 Å². The van der Waals surface area contributed by atoms with Crippen molar-refractivity contribution in [3.63, 3.8) is 0 Å². The summed E-state index contributed by atoms with van der Waals surface area (Å²) in [6.45, 7) is 6.28. The van der Waals surface area contributed by atoms with Crippen LogP contribution in [-0.4, -0.2) is 33.6 Å². The van der Waals surface area contributed by atoms with Gasteiger partial charge in [-0.15, -0.1) is 0 Å². The molecule has 0 saturated heterocycles. The second-order valence-corrected chi connectivity index (χ2v) is 8.17. The number of nitrogens with one attached hydrogen (secondary N) is 1. The third kappa shape index (κ3) is 5.58. The number of aryl methyl sites for hydroxylation is 3. The Bertz CT molecular complexity index is 1220. The van der Waals surface area contributed by atoms with Gasteiger partial charge in [0.15, 0.2) is 0 Å². The molecule has 2 heterocycles. The molecule has 0 fully saturated rings. The van der Waals surface area contributed by atoms with Crippen molar-refractivity contribution in [1.29, 1.82) is 0 Å². The molecule has 0 bridgehead atoms. The van der Waals surface area contributed by atoms with Crippen molar-refractivity contribution < 1.29 is 9.53 Å². The van der Waals surface area contributed by atoms with Gasteiger partial charge in [0.25, 0.3) is 5.91 Å². The van der Waals surface area contributed by atoms with Crippen molar-refractivity contribution in [3.8, 4) is 5.75 Å². The number of carbonyl (C=O) groups excluding carboxylic acids is 1. The Labute approximate surface area is 194 Å². The van der Waals surface area contributed by atoms with Crippen LogP contribution in [0.15, 0.2) is 67.0 Å². The van der Waals surface area contributed by atoms with Crippen molar-refractivity contribution in [1.82, 2.24) is 19.9 Å². The molecule has 0 aliphatic heterocycles. The summed E-state index contributed by atoms with van der Waals surface area (Å²) in [5.41, 5.74) is 5.15. The van der Waals surface area contributed by atoms with Gasteiger partial charge in [-0.2, -0.15) is 0 Å². The number of imidazole rings is 1. The van der Waals surface area contributed by atoms with Gasteiger partial charge >= 0.3 is 0 Å². The molecule has 0 aliphatic rings. The third-order valence-corrected chi connectivity index (χ3v) is 5.86. The fourth-order valence-corrected chi connectivity index (χ4v) is 3.90. The number of carbonyl (C=O) groups is 1. The van der Waals surface area contributed by atoms with E-state index in [1.165, 1.54) is 11.1 Å². The number of nitrogens with zero attached hydrogens (tertiary/aromatic N) is 3. The highest BCUT2D eigenvalue weighted by Gasteiger charge is 2.11. The SMILES string of the molecule is Cc1cccc(OCCCn2c(CCCNC(=O)c3cccnc3)nc3ccccc32)c1C. The van der Waals surface area contributed by atoms with Crippen LogP contribution in [0.1, 0.15) is 40.2 Å². The molecular weight excluding hydrogens is 412 g/mol. The lowest BCUT2D eigenvalue weighted by molar-refractivity contribution is 0.0952. The van der Waals surface area contributed by atoms with Crippen LogP contribution in [0, 0.1) is 13.8 Å². The first-order valence-electron chi connectivity index (χ1n) is 11.4. The maximum Gasteiger partial charge on any atom is 0.252 e. The molecule has 2 aromatic heterocycles. The molecule has 0 unspecified atom stereocenters. The van der Waals surface area contributed by atoms with E-state index in [9.17, 15) is 4.79 Å². The average molecular weight is 443 g/mol. The van der Waals surface area contributed by atoms with Crippen LogP contribution in [0.4, 0.5) is 0 Å². The van der Waals surface area contributed by atoms with E-state index in [4.69, 9.17) is 9.72 Å². The molecular formula is C27H30N4O2. The van der Waals surface area contributed by atoms with Crippen molar-refractivity contribution in [2.45, 2.75) is 39.7 Å². The Kier molecular flexibility index (Phi) is 7.35. The van der Waals surface area contributed by atoms with E-state index in [1.54, 1.807) is 24.5 Å². The van der Waals surface area contributed by atoms with E-state index in [-0.39, 0.29) is 5.91 Å². The second-order valence-electron chi connectivity index (χ2n) is 8.17. The zero-order valence-electron chi connectivity index (χ0n) is 19.3. The Balaban J connectivity index is 1.34. The minimum Gasteiger partial charge on any atom is -0.493 e. The highest BCUT2D eigenvalue weighted by Crippen LogP contribution is 2.21. The van der Waals surface area contributed by atoms with E-state index < -0.39 is 0 Å². The van der Waals surface area contributed by atoms with Gasteiger partial charge in [0.2, 0.25) is 0 Å². The lowest BCUT2D eigenvalue weighted by atomic mass is 10.1. The first-order valence-corrected chi connectivity index (χ1v) is 11.4. The van der Waals surface area contributed by atoms with E-state index in [2.05, 4.69) is 40.8 Å². The van der Waals surface area contributed by atoms with E-state index >= 15 is 0 Å². The quantitative estimate of drug-likeness (QED) is 0.356. The minimum atomic E-state index is -0.0970. The molecule has 0 aliphatic carbocycles. The number of hydrogen-bond donors (Lipinski definition) is 1.